The lowest BCUT2D eigenvalue weighted by Gasteiger charge is -2.39. The Balaban J connectivity index is 2.22. The monoisotopic (exact) mass is 301 g/mol. The summed E-state index contributed by atoms with van der Waals surface area (Å²) in [6.07, 6.45) is 1.95. The van der Waals surface area contributed by atoms with Gasteiger partial charge in [0.2, 0.25) is 0 Å². The highest BCUT2D eigenvalue weighted by atomic mass is 35.5. The van der Waals surface area contributed by atoms with Gasteiger partial charge in [0.05, 0.1) is 12.6 Å². The van der Waals surface area contributed by atoms with Gasteiger partial charge in [-0.15, -0.1) is 0 Å². The molecule has 0 spiro atoms. The quantitative estimate of drug-likeness (QED) is 0.889. The third-order valence-corrected chi connectivity index (χ3v) is 4.82. The van der Waals surface area contributed by atoms with E-state index in [9.17, 15) is 0 Å². The van der Waals surface area contributed by atoms with Gasteiger partial charge in [0.15, 0.2) is 0 Å². The first-order valence-electron chi connectivity index (χ1n) is 7.28. The van der Waals surface area contributed by atoms with Crippen LogP contribution in [-0.2, 0) is 5.54 Å². The Bertz CT molecular complexity index is 670. The molecular formula is C18H20ClNO. The molecule has 0 aliphatic heterocycles. The molecule has 1 aliphatic carbocycles. The molecule has 0 bridgehead atoms. The Hall–Kier alpha value is -1.51. The molecule has 2 aromatic rings. The second-order valence-electron chi connectivity index (χ2n) is 5.84. The zero-order valence-electron chi connectivity index (χ0n) is 12.4. The van der Waals surface area contributed by atoms with Gasteiger partial charge in [-0.25, -0.2) is 0 Å². The van der Waals surface area contributed by atoms with E-state index in [4.69, 9.17) is 22.1 Å². The van der Waals surface area contributed by atoms with E-state index in [1.54, 1.807) is 7.11 Å². The van der Waals surface area contributed by atoms with E-state index >= 15 is 0 Å². The molecule has 0 fully saturated rings. The second-order valence-corrected chi connectivity index (χ2v) is 6.28. The fourth-order valence-electron chi connectivity index (χ4n) is 3.38. The Morgan fingerprint density at radius 3 is 2.71 bits per heavy atom. The zero-order valence-corrected chi connectivity index (χ0v) is 13.2. The van der Waals surface area contributed by atoms with Gasteiger partial charge in [0, 0.05) is 10.6 Å². The number of halogens is 1. The number of rotatable bonds is 2. The second kappa shape index (κ2) is 5.36. The minimum Gasteiger partial charge on any atom is -0.496 e. The molecule has 3 heteroatoms. The van der Waals surface area contributed by atoms with Gasteiger partial charge >= 0.3 is 0 Å². The minimum absolute atomic E-state index is 0.531. The molecule has 3 rings (SSSR count). The van der Waals surface area contributed by atoms with E-state index < -0.39 is 5.54 Å². The van der Waals surface area contributed by atoms with Crippen LogP contribution in [0.4, 0.5) is 0 Å². The van der Waals surface area contributed by atoms with Crippen molar-refractivity contribution < 1.29 is 4.74 Å². The number of benzene rings is 2. The number of methoxy groups -OCH3 is 1. The van der Waals surface area contributed by atoms with Crippen molar-refractivity contribution in [1.29, 1.82) is 0 Å². The first-order valence-corrected chi connectivity index (χ1v) is 7.66. The number of nitrogens with two attached hydrogens (primary N) is 1. The van der Waals surface area contributed by atoms with E-state index in [0.717, 1.165) is 24.2 Å². The standard InChI is InChI=1S/C18H20ClNO/c1-12-9-10-18(20,15-6-4-3-5-14(12)15)16-11-13(19)7-8-17(16)21-2/h3-8,11-12H,9-10,20H2,1-2H3. The first-order chi connectivity index (χ1) is 10.1. The van der Waals surface area contributed by atoms with Gasteiger partial charge < -0.3 is 10.5 Å². The van der Waals surface area contributed by atoms with Crippen LogP contribution in [0.25, 0.3) is 0 Å². The molecule has 110 valence electrons. The highest BCUT2D eigenvalue weighted by molar-refractivity contribution is 6.30. The fourth-order valence-corrected chi connectivity index (χ4v) is 3.55. The maximum Gasteiger partial charge on any atom is 0.124 e. The molecule has 0 radical (unpaired) electrons. The van der Waals surface area contributed by atoms with Crippen molar-refractivity contribution in [2.24, 2.45) is 5.73 Å². The fraction of sp³-hybridized carbons (Fsp3) is 0.333. The average molecular weight is 302 g/mol. The van der Waals surface area contributed by atoms with Crippen LogP contribution < -0.4 is 10.5 Å². The molecule has 0 amide bonds. The summed E-state index contributed by atoms with van der Waals surface area (Å²) >= 11 is 6.20. The van der Waals surface area contributed by atoms with Crippen LogP contribution in [0.5, 0.6) is 5.75 Å². The summed E-state index contributed by atoms with van der Waals surface area (Å²) in [5.74, 6) is 1.33. The van der Waals surface area contributed by atoms with Crippen molar-refractivity contribution >= 4 is 11.6 Å². The summed E-state index contributed by atoms with van der Waals surface area (Å²) < 4.78 is 5.52. The highest BCUT2D eigenvalue weighted by Gasteiger charge is 2.38. The van der Waals surface area contributed by atoms with Crippen molar-refractivity contribution in [2.45, 2.75) is 31.2 Å². The van der Waals surface area contributed by atoms with E-state index in [0.29, 0.717) is 10.9 Å². The summed E-state index contributed by atoms with van der Waals surface area (Å²) in [4.78, 5) is 0. The van der Waals surface area contributed by atoms with Gasteiger partial charge in [-0.3, -0.25) is 0 Å². The molecular weight excluding hydrogens is 282 g/mol. The summed E-state index contributed by atoms with van der Waals surface area (Å²) in [5.41, 5.74) is 9.80. The van der Waals surface area contributed by atoms with Gasteiger partial charge in [0.1, 0.15) is 5.75 Å². The molecule has 0 saturated heterocycles. The number of fused-ring (bicyclic) bond motifs is 1. The molecule has 0 saturated carbocycles. The molecule has 0 heterocycles. The minimum atomic E-state index is -0.542. The normalized spacial score (nSPS) is 24.5. The van der Waals surface area contributed by atoms with Crippen LogP contribution >= 0.6 is 11.6 Å². The van der Waals surface area contributed by atoms with Gasteiger partial charge in [-0.1, -0.05) is 42.8 Å². The lowest BCUT2D eigenvalue weighted by atomic mass is 9.69. The van der Waals surface area contributed by atoms with Gasteiger partial charge in [-0.2, -0.15) is 0 Å². The lowest BCUT2D eigenvalue weighted by molar-refractivity contribution is 0.368. The van der Waals surface area contributed by atoms with E-state index in [1.165, 1.54) is 11.1 Å². The number of hydrogen-bond acceptors (Lipinski definition) is 2. The molecule has 2 aromatic carbocycles. The van der Waals surface area contributed by atoms with Crippen LogP contribution in [0.3, 0.4) is 0 Å². The topological polar surface area (TPSA) is 35.2 Å². The molecule has 21 heavy (non-hydrogen) atoms. The molecule has 2 unspecified atom stereocenters. The Morgan fingerprint density at radius 1 is 1.19 bits per heavy atom. The van der Waals surface area contributed by atoms with Crippen molar-refractivity contribution in [3.05, 3.63) is 64.2 Å². The highest BCUT2D eigenvalue weighted by Crippen LogP contribution is 2.46. The van der Waals surface area contributed by atoms with Crippen LogP contribution in [0.15, 0.2) is 42.5 Å². The molecule has 2 atom stereocenters. The van der Waals surface area contributed by atoms with Crippen molar-refractivity contribution in [3.63, 3.8) is 0 Å². The van der Waals surface area contributed by atoms with E-state index in [-0.39, 0.29) is 0 Å². The predicted octanol–water partition coefficient (Wildman–Crippen LogP) is 4.45. The summed E-state index contributed by atoms with van der Waals surface area (Å²) in [6, 6.07) is 14.1. The number of ether oxygens (including phenoxy) is 1. The van der Waals surface area contributed by atoms with E-state index in [1.807, 2.05) is 18.2 Å². The maximum atomic E-state index is 6.86. The summed E-state index contributed by atoms with van der Waals surface area (Å²) in [5, 5.41) is 0.687. The first kappa shape index (κ1) is 14.4. The predicted molar refractivity (Wildman–Crippen MR) is 87.1 cm³/mol. The Kier molecular flexibility index (Phi) is 3.68. The van der Waals surface area contributed by atoms with Crippen molar-refractivity contribution in [1.82, 2.24) is 0 Å². The Labute approximate surface area is 130 Å². The average Bonchev–Trinajstić information content (AvgIpc) is 2.51. The van der Waals surface area contributed by atoms with Gasteiger partial charge in [0.25, 0.3) is 0 Å². The third kappa shape index (κ3) is 2.33. The molecule has 1 aliphatic rings. The van der Waals surface area contributed by atoms with Crippen molar-refractivity contribution in [2.75, 3.05) is 7.11 Å². The molecule has 2 N–H and O–H groups in total. The maximum absolute atomic E-state index is 6.86. The van der Waals surface area contributed by atoms with Crippen LogP contribution in [-0.4, -0.2) is 7.11 Å². The largest absolute Gasteiger partial charge is 0.496 e. The molecule has 0 aromatic heterocycles. The zero-order chi connectivity index (χ0) is 15.0. The number of hydrogen-bond donors (Lipinski definition) is 1. The van der Waals surface area contributed by atoms with E-state index in [2.05, 4.69) is 31.2 Å². The third-order valence-electron chi connectivity index (χ3n) is 4.59. The van der Waals surface area contributed by atoms with Crippen LogP contribution in [0, 0.1) is 0 Å². The van der Waals surface area contributed by atoms with Crippen LogP contribution in [0.2, 0.25) is 5.02 Å². The molecule has 2 nitrogen and oxygen atoms in total. The SMILES string of the molecule is COc1ccc(Cl)cc1C1(N)CCC(C)c2ccccc21. The summed E-state index contributed by atoms with van der Waals surface area (Å²) in [6.45, 7) is 2.26. The lowest BCUT2D eigenvalue weighted by Crippen LogP contribution is -2.42. The smallest absolute Gasteiger partial charge is 0.124 e. The summed E-state index contributed by atoms with van der Waals surface area (Å²) in [7, 11) is 1.67. The van der Waals surface area contributed by atoms with Gasteiger partial charge in [-0.05, 0) is 48.1 Å². The van der Waals surface area contributed by atoms with Crippen molar-refractivity contribution in [3.8, 4) is 5.75 Å². The van der Waals surface area contributed by atoms with Crippen LogP contribution in [0.1, 0.15) is 42.4 Å². The Morgan fingerprint density at radius 2 is 1.95 bits per heavy atom.